The molecule has 3 amide bonds. The Bertz CT molecular complexity index is 926. The largest absolute Gasteiger partial charge is 0.391 e. The molecule has 0 unspecified atom stereocenters. The number of rotatable bonds is 9. The molecule has 7 N–H and O–H groups in total. The maximum Gasteiger partial charge on any atom is 0.268 e. The number of hydroxylamine groups is 1. The lowest BCUT2D eigenvalue weighted by molar-refractivity contribution is -0.133. The summed E-state index contributed by atoms with van der Waals surface area (Å²) < 4.78 is 0. The number of hydrogen-bond donors (Lipinski definition) is 6. The second-order valence-corrected chi connectivity index (χ2v) is 8.05. The number of aliphatic hydroxyl groups excluding tert-OH is 1. The van der Waals surface area contributed by atoms with Crippen LogP contribution in [0.15, 0.2) is 48.5 Å². The van der Waals surface area contributed by atoms with Crippen LogP contribution in [-0.2, 0) is 9.59 Å². The molecule has 2 rings (SSSR count). The molecule has 0 aromatic heterocycles. The topological polar surface area (TPSA) is 154 Å². The van der Waals surface area contributed by atoms with E-state index >= 15 is 0 Å². The average Bonchev–Trinajstić information content (AvgIpc) is 2.76. The Morgan fingerprint density at radius 1 is 0.906 bits per heavy atom. The molecule has 2 aromatic rings. The molecule has 172 valence electrons. The van der Waals surface area contributed by atoms with Crippen molar-refractivity contribution in [2.45, 2.75) is 45.4 Å². The maximum absolute atomic E-state index is 12.4. The van der Waals surface area contributed by atoms with Gasteiger partial charge in [0.05, 0.1) is 12.1 Å². The Kier molecular flexibility index (Phi) is 8.89. The van der Waals surface area contributed by atoms with E-state index in [0.29, 0.717) is 18.0 Å². The first-order chi connectivity index (χ1) is 15.1. The highest BCUT2D eigenvalue weighted by atomic mass is 16.5. The quantitative estimate of drug-likeness (QED) is 0.256. The molecule has 0 heterocycles. The SMILES string of the molecule is CC(C)C[C@H](N)C(=O)Nc1ccc(-c2ccc(C(=O)N[C@H](C(=O)NO)[C@@H](C)O)cc2)cc1. The molecule has 3 atom stereocenters. The highest BCUT2D eigenvalue weighted by Gasteiger charge is 2.25. The van der Waals surface area contributed by atoms with Gasteiger partial charge in [-0.2, -0.15) is 0 Å². The lowest BCUT2D eigenvalue weighted by atomic mass is 10.0. The molecule has 0 saturated heterocycles. The number of aliphatic hydroxyl groups is 1. The molecule has 0 radical (unpaired) electrons. The minimum atomic E-state index is -1.29. The molecule has 9 nitrogen and oxygen atoms in total. The summed E-state index contributed by atoms with van der Waals surface area (Å²) in [5, 5.41) is 23.5. The fourth-order valence-electron chi connectivity index (χ4n) is 3.11. The van der Waals surface area contributed by atoms with Gasteiger partial charge in [0, 0.05) is 11.3 Å². The number of nitrogens with two attached hydrogens (primary N) is 1. The van der Waals surface area contributed by atoms with Gasteiger partial charge in [-0.3, -0.25) is 19.6 Å². The zero-order valence-corrected chi connectivity index (χ0v) is 18.3. The Morgan fingerprint density at radius 2 is 1.44 bits per heavy atom. The van der Waals surface area contributed by atoms with Gasteiger partial charge in [0.15, 0.2) is 0 Å². The smallest absolute Gasteiger partial charge is 0.268 e. The fraction of sp³-hybridized carbons (Fsp3) is 0.348. The molecule has 0 aliphatic rings. The summed E-state index contributed by atoms with van der Waals surface area (Å²) in [4.78, 5) is 36.1. The maximum atomic E-state index is 12.4. The zero-order valence-electron chi connectivity index (χ0n) is 18.3. The van der Waals surface area contributed by atoms with E-state index in [4.69, 9.17) is 10.9 Å². The predicted octanol–water partition coefficient (Wildman–Crippen LogP) is 1.65. The molecule has 0 aliphatic heterocycles. The third-order valence-electron chi connectivity index (χ3n) is 4.86. The van der Waals surface area contributed by atoms with Gasteiger partial charge in [-0.25, -0.2) is 5.48 Å². The molecule has 2 aromatic carbocycles. The fourth-order valence-corrected chi connectivity index (χ4v) is 3.11. The van der Waals surface area contributed by atoms with Crippen molar-refractivity contribution >= 4 is 23.4 Å². The van der Waals surface area contributed by atoms with Crippen molar-refractivity contribution in [2.24, 2.45) is 11.7 Å². The van der Waals surface area contributed by atoms with Crippen molar-refractivity contribution in [3.05, 3.63) is 54.1 Å². The van der Waals surface area contributed by atoms with Gasteiger partial charge >= 0.3 is 0 Å². The van der Waals surface area contributed by atoms with E-state index < -0.39 is 30.0 Å². The first kappa shape index (κ1) is 25.0. The van der Waals surface area contributed by atoms with Crippen LogP contribution in [0.4, 0.5) is 5.69 Å². The van der Waals surface area contributed by atoms with Gasteiger partial charge in [0.25, 0.3) is 11.8 Å². The highest BCUT2D eigenvalue weighted by Crippen LogP contribution is 2.22. The van der Waals surface area contributed by atoms with Gasteiger partial charge in [0.1, 0.15) is 6.04 Å². The molecule has 0 fully saturated rings. The molecular formula is C23H30N4O5. The van der Waals surface area contributed by atoms with Gasteiger partial charge in [-0.05, 0) is 54.7 Å². The third kappa shape index (κ3) is 6.88. The second-order valence-electron chi connectivity index (χ2n) is 8.05. The number of hydrogen-bond acceptors (Lipinski definition) is 6. The van der Waals surface area contributed by atoms with Gasteiger partial charge in [-0.1, -0.05) is 38.1 Å². The van der Waals surface area contributed by atoms with Crippen molar-refractivity contribution in [2.75, 3.05) is 5.32 Å². The Hall–Kier alpha value is -3.27. The molecule has 0 saturated carbocycles. The lowest BCUT2D eigenvalue weighted by Crippen LogP contribution is -2.51. The second kappa shape index (κ2) is 11.4. The van der Waals surface area contributed by atoms with Crippen LogP contribution in [0.2, 0.25) is 0 Å². The van der Waals surface area contributed by atoms with E-state index in [9.17, 15) is 19.5 Å². The van der Waals surface area contributed by atoms with Crippen molar-refractivity contribution in [1.82, 2.24) is 10.8 Å². The van der Waals surface area contributed by atoms with E-state index in [2.05, 4.69) is 10.6 Å². The number of nitrogens with one attached hydrogen (secondary N) is 3. The van der Waals surface area contributed by atoms with Crippen molar-refractivity contribution in [1.29, 1.82) is 0 Å². The Balaban J connectivity index is 2.04. The summed E-state index contributed by atoms with van der Waals surface area (Å²) in [5.41, 5.74) is 9.97. The van der Waals surface area contributed by atoms with Gasteiger partial charge in [-0.15, -0.1) is 0 Å². The Morgan fingerprint density at radius 3 is 1.91 bits per heavy atom. The van der Waals surface area contributed by atoms with Gasteiger partial charge < -0.3 is 21.5 Å². The third-order valence-corrected chi connectivity index (χ3v) is 4.86. The predicted molar refractivity (Wildman–Crippen MR) is 121 cm³/mol. The zero-order chi connectivity index (χ0) is 23.8. The van der Waals surface area contributed by atoms with E-state index in [1.54, 1.807) is 36.4 Å². The van der Waals surface area contributed by atoms with E-state index in [-0.39, 0.29) is 11.5 Å². The summed E-state index contributed by atoms with van der Waals surface area (Å²) in [6, 6.07) is 12.0. The van der Waals surface area contributed by atoms with E-state index in [1.807, 2.05) is 26.0 Å². The van der Waals surface area contributed by atoms with Crippen molar-refractivity contribution in [3.63, 3.8) is 0 Å². The summed E-state index contributed by atoms with van der Waals surface area (Å²) in [5.74, 6) is -1.38. The van der Waals surface area contributed by atoms with Crippen LogP contribution < -0.4 is 21.8 Å². The summed E-state index contributed by atoms with van der Waals surface area (Å²) in [7, 11) is 0. The molecule has 32 heavy (non-hydrogen) atoms. The Labute approximate surface area is 187 Å². The number of benzene rings is 2. The van der Waals surface area contributed by atoms with Crippen molar-refractivity contribution < 1.29 is 24.7 Å². The summed E-state index contributed by atoms with van der Waals surface area (Å²) >= 11 is 0. The van der Waals surface area contributed by atoms with Crippen LogP contribution in [0.3, 0.4) is 0 Å². The van der Waals surface area contributed by atoms with Crippen LogP contribution in [0.5, 0.6) is 0 Å². The van der Waals surface area contributed by atoms with Crippen LogP contribution in [-0.4, -0.2) is 46.2 Å². The lowest BCUT2D eigenvalue weighted by Gasteiger charge is -2.19. The van der Waals surface area contributed by atoms with Crippen LogP contribution in [0.1, 0.15) is 37.6 Å². The first-order valence-electron chi connectivity index (χ1n) is 10.3. The standard InChI is InChI=1S/C23H30N4O5/c1-13(2)12-19(24)22(30)25-18-10-8-16(9-11-18)15-4-6-17(7-5-15)21(29)26-20(14(3)28)23(31)27-32/h4-11,13-14,19-20,28,32H,12,24H2,1-3H3,(H,25,30)(H,26,29)(H,27,31)/t14-,19+,20+/m1/s1. The van der Waals surface area contributed by atoms with Crippen molar-refractivity contribution in [3.8, 4) is 11.1 Å². The summed E-state index contributed by atoms with van der Waals surface area (Å²) in [6.07, 6.45) is -0.587. The van der Waals surface area contributed by atoms with Crippen LogP contribution >= 0.6 is 0 Å². The monoisotopic (exact) mass is 442 g/mol. The van der Waals surface area contributed by atoms with Crippen LogP contribution in [0.25, 0.3) is 11.1 Å². The molecular weight excluding hydrogens is 412 g/mol. The number of amides is 3. The van der Waals surface area contributed by atoms with E-state index in [0.717, 1.165) is 11.1 Å². The highest BCUT2D eigenvalue weighted by molar-refractivity contribution is 5.98. The normalized spacial score (nSPS) is 13.7. The molecule has 9 heteroatoms. The molecule has 0 aliphatic carbocycles. The average molecular weight is 443 g/mol. The molecule has 0 spiro atoms. The number of carbonyl (C=O) groups is 3. The minimum Gasteiger partial charge on any atom is -0.391 e. The van der Waals surface area contributed by atoms with Crippen LogP contribution in [0, 0.1) is 5.92 Å². The number of anilines is 1. The van der Waals surface area contributed by atoms with E-state index in [1.165, 1.54) is 12.4 Å². The minimum absolute atomic E-state index is 0.229. The summed E-state index contributed by atoms with van der Waals surface area (Å²) in [6.45, 7) is 5.34. The molecule has 0 bridgehead atoms. The first-order valence-corrected chi connectivity index (χ1v) is 10.3. The van der Waals surface area contributed by atoms with Gasteiger partial charge in [0.2, 0.25) is 5.91 Å². The number of carbonyl (C=O) groups excluding carboxylic acids is 3.